The van der Waals surface area contributed by atoms with Crippen molar-refractivity contribution in [2.75, 3.05) is 12.7 Å². The summed E-state index contributed by atoms with van der Waals surface area (Å²) in [5.74, 6) is 0. The smallest absolute Gasteiger partial charge is 0.00122 e. The van der Waals surface area contributed by atoms with Crippen molar-refractivity contribution in [1.29, 1.82) is 0 Å². The molecule has 1 atom stereocenters. The van der Waals surface area contributed by atoms with Crippen molar-refractivity contribution in [1.82, 2.24) is 5.09 Å². The Bertz CT molecular complexity index is 32.5. The van der Waals surface area contributed by atoms with Gasteiger partial charge in [0.2, 0.25) is 0 Å². The predicted molar refractivity (Wildman–Crippen MR) is 39.7 cm³/mol. The van der Waals surface area contributed by atoms with E-state index in [2.05, 4.69) is 5.09 Å². The molecule has 1 heterocycles. The second-order valence-electron chi connectivity index (χ2n) is 2.27. The Labute approximate surface area is 53.1 Å². The Hall–Kier alpha value is 0.390. The lowest BCUT2D eigenvalue weighted by molar-refractivity contribution is 0.650. The maximum Gasteiger partial charge on any atom is -0.00122 e. The Kier molecular flexibility index (Phi) is 3.49. The molecule has 1 rings (SSSR count). The molecule has 1 aliphatic heterocycles. The van der Waals surface area contributed by atoms with Gasteiger partial charge in [-0.1, -0.05) is 21.6 Å². The normalized spacial score (nSPS) is 27.0. The van der Waals surface area contributed by atoms with Gasteiger partial charge in [0.05, 0.1) is 0 Å². The zero-order valence-electron chi connectivity index (χ0n) is 5.24. The Morgan fingerprint density at radius 3 is 2.88 bits per heavy atom. The van der Waals surface area contributed by atoms with Crippen LogP contribution in [-0.2, 0) is 0 Å². The molecule has 1 nitrogen and oxygen atoms in total. The molecule has 0 saturated carbocycles. The van der Waals surface area contributed by atoms with E-state index in [0.717, 1.165) is 8.73 Å². The topological polar surface area (TPSA) is 12.0 Å². The summed E-state index contributed by atoms with van der Waals surface area (Å²) >= 11 is 0. The molecule has 48 valence electrons. The number of nitrogens with one attached hydrogen (secondary N) is 1. The highest BCUT2D eigenvalue weighted by molar-refractivity contribution is 7.35. The van der Waals surface area contributed by atoms with E-state index in [1.165, 1.54) is 38.4 Å². The van der Waals surface area contributed by atoms with Crippen molar-refractivity contribution in [2.24, 2.45) is 0 Å². The number of hydrogen-bond acceptors (Lipinski definition) is 1. The molecule has 0 aromatic rings. The zero-order chi connectivity index (χ0) is 5.66. The first-order valence-electron chi connectivity index (χ1n) is 3.46. The van der Waals surface area contributed by atoms with E-state index in [9.17, 15) is 0 Å². The molecular weight excluding hydrogens is 117 g/mol. The van der Waals surface area contributed by atoms with Gasteiger partial charge in [0.15, 0.2) is 0 Å². The minimum Gasteiger partial charge on any atom is -0.298 e. The van der Waals surface area contributed by atoms with Crippen molar-refractivity contribution in [3.8, 4) is 0 Å². The van der Waals surface area contributed by atoms with E-state index >= 15 is 0 Å². The summed E-state index contributed by atoms with van der Waals surface area (Å²) in [5.41, 5.74) is 0. The molecule has 1 N–H and O–H groups in total. The molecule has 1 saturated heterocycles. The van der Waals surface area contributed by atoms with E-state index in [-0.39, 0.29) is 0 Å². The van der Waals surface area contributed by atoms with Gasteiger partial charge in [-0.3, -0.25) is 5.09 Å². The van der Waals surface area contributed by atoms with Gasteiger partial charge in [-0.25, -0.2) is 0 Å². The van der Waals surface area contributed by atoms with Crippen LogP contribution in [0.2, 0.25) is 0 Å². The van der Waals surface area contributed by atoms with Gasteiger partial charge in [0.25, 0.3) is 0 Å². The van der Waals surface area contributed by atoms with Crippen LogP contribution in [0.5, 0.6) is 0 Å². The highest BCUT2D eigenvalue weighted by atomic mass is 31.1. The van der Waals surface area contributed by atoms with Crippen LogP contribution in [0.1, 0.15) is 25.7 Å². The van der Waals surface area contributed by atoms with Crippen LogP contribution in [0.3, 0.4) is 0 Å². The Morgan fingerprint density at radius 2 is 1.88 bits per heavy atom. The minimum absolute atomic E-state index is 1.04. The van der Waals surface area contributed by atoms with Gasteiger partial charge in [0, 0.05) is 0 Å². The SMILES string of the molecule is C1CCCPNCC1. The summed E-state index contributed by atoms with van der Waals surface area (Å²) in [6.07, 6.45) is 7.17. The predicted octanol–water partition coefficient (Wildman–Crippen LogP) is 1.74. The van der Waals surface area contributed by atoms with Gasteiger partial charge >= 0.3 is 0 Å². The first-order valence-corrected chi connectivity index (χ1v) is 4.66. The summed E-state index contributed by atoms with van der Waals surface area (Å²) in [7, 11) is 1.04. The summed E-state index contributed by atoms with van der Waals surface area (Å²) in [6, 6.07) is 0. The fraction of sp³-hybridized carbons (Fsp3) is 1.00. The summed E-state index contributed by atoms with van der Waals surface area (Å²) in [5, 5.41) is 3.42. The second kappa shape index (κ2) is 4.29. The van der Waals surface area contributed by atoms with Crippen molar-refractivity contribution < 1.29 is 0 Å². The van der Waals surface area contributed by atoms with Crippen LogP contribution in [-0.4, -0.2) is 12.7 Å². The molecule has 0 bridgehead atoms. The maximum absolute atomic E-state index is 3.42. The fourth-order valence-corrected chi connectivity index (χ4v) is 1.91. The second-order valence-corrected chi connectivity index (χ2v) is 3.47. The van der Waals surface area contributed by atoms with E-state index in [4.69, 9.17) is 0 Å². The van der Waals surface area contributed by atoms with Crippen LogP contribution < -0.4 is 5.09 Å². The summed E-state index contributed by atoms with van der Waals surface area (Å²) < 4.78 is 0. The molecule has 0 aliphatic carbocycles. The molecule has 1 unspecified atom stereocenters. The highest BCUT2D eigenvalue weighted by Crippen LogP contribution is 2.12. The molecule has 0 aromatic carbocycles. The average Bonchev–Trinajstić information content (AvgIpc) is 1.62. The van der Waals surface area contributed by atoms with Gasteiger partial charge in [-0.05, 0) is 25.5 Å². The molecule has 0 aromatic heterocycles. The van der Waals surface area contributed by atoms with Crippen LogP contribution in [0.25, 0.3) is 0 Å². The van der Waals surface area contributed by atoms with Gasteiger partial charge < -0.3 is 0 Å². The van der Waals surface area contributed by atoms with Crippen molar-refractivity contribution in [3.63, 3.8) is 0 Å². The lowest BCUT2D eigenvalue weighted by Crippen LogP contribution is -2.06. The average molecular weight is 131 g/mol. The van der Waals surface area contributed by atoms with E-state index in [0.29, 0.717) is 0 Å². The highest BCUT2D eigenvalue weighted by Gasteiger charge is 1.94. The quantitative estimate of drug-likeness (QED) is 0.494. The third-order valence-corrected chi connectivity index (χ3v) is 2.58. The molecule has 1 fully saturated rings. The number of rotatable bonds is 0. The standard InChI is InChI=1S/C6H14NP/c1-2-4-6-8-7-5-3-1/h7-8H,1-6H2. The zero-order valence-corrected chi connectivity index (χ0v) is 6.24. The molecule has 2 heteroatoms. The van der Waals surface area contributed by atoms with Gasteiger partial charge in [-0.2, -0.15) is 0 Å². The minimum atomic E-state index is 1.04. The van der Waals surface area contributed by atoms with Crippen LogP contribution in [0, 0.1) is 0 Å². The monoisotopic (exact) mass is 131 g/mol. The molecule has 1 aliphatic rings. The molecule has 0 radical (unpaired) electrons. The van der Waals surface area contributed by atoms with Crippen molar-refractivity contribution in [3.05, 3.63) is 0 Å². The lowest BCUT2D eigenvalue weighted by Gasteiger charge is -2.08. The molecule has 8 heavy (non-hydrogen) atoms. The van der Waals surface area contributed by atoms with Gasteiger partial charge in [0.1, 0.15) is 0 Å². The fourth-order valence-electron chi connectivity index (χ4n) is 0.957. The van der Waals surface area contributed by atoms with E-state index in [1.54, 1.807) is 0 Å². The molecule has 0 amide bonds. The molecular formula is C6H14NP. The third-order valence-electron chi connectivity index (χ3n) is 1.48. The first-order chi connectivity index (χ1) is 4.00. The van der Waals surface area contributed by atoms with Crippen molar-refractivity contribution in [2.45, 2.75) is 25.7 Å². The molecule has 0 spiro atoms. The van der Waals surface area contributed by atoms with Crippen molar-refractivity contribution >= 4 is 8.73 Å². The Morgan fingerprint density at radius 1 is 1.00 bits per heavy atom. The van der Waals surface area contributed by atoms with Gasteiger partial charge in [-0.15, -0.1) is 0 Å². The van der Waals surface area contributed by atoms with Crippen LogP contribution >= 0.6 is 8.73 Å². The first kappa shape index (κ1) is 6.51. The third kappa shape index (κ3) is 2.64. The van der Waals surface area contributed by atoms with E-state index in [1.807, 2.05) is 0 Å². The largest absolute Gasteiger partial charge is 0.298 e. The lowest BCUT2D eigenvalue weighted by atomic mass is 10.2. The van der Waals surface area contributed by atoms with Crippen LogP contribution in [0.4, 0.5) is 0 Å². The van der Waals surface area contributed by atoms with E-state index < -0.39 is 0 Å². The summed E-state index contributed by atoms with van der Waals surface area (Å²) in [4.78, 5) is 0. The Balaban J connectivity index is 2.00. The number of hydrogen-bond donors (Lipinski definition) is 1. The maximum atomic E-state index is 3.42. The van der Waals surface area contributed by atoms with Crippen LogP contribution in [0.15, 0.2) is 0 Å². The summed E-state index contributed by atoms with van der Waals surface area (Å²) in [6.45, 7) is 1.26.